The molecule has 5 aromatic carbocycles. The van der Waals surface area contributed by atoms with E-state index in [1.165, 1.54) is 54.2 Å². The number of hydrogen-bond donors (Lipinski definition) is 0. The molecule has 0 spiro atoms. The molecule has 0 heteroatoms. The molecule has 0 amide bonds. The fourth-order valence-corrected chi connectivity index (χ4v) is 4.46. The third-order valence-electron chi connectivity index (χ3n) is 5.39. The molecule has 0 nitrogen and oxygen atoms in total. The molecule has 0 saturated carbocycles. The smallest absolute Gasteiger partial charge is 0.00126 e. The van der Waals surface area contributed by atoms with Crippen LogP contribution in [0.5, 0.6) is 0 Å². The van der Waals surface area contributed by atoms with Crippen LogP contribution in [0, 0.1) is 0 Å². The van der Waals surface area contributed by atoms with E-state index < -0.39 is 0 Å². The zero-order valence-electron chi connectivity index (χ0n) is 12.6. The topological polar surface area (TPSA) is 0 Å². The quantitative estimate of drug-likeness (QED) is 0.292. The standard InChI is InChI=1S/C23H14/c1-3-7-18-14(5-1)11-16-13-17-12-15-6-2-4-8-19(15)21-10-9-20(18)22(16)23(17)21/h1-12H,13H2. The lowest BCUT2D eigenvalue weighted by Gasteiger charge is -2.09. The van der Waals surface area contributed by atoms with Crippen molar-refractivity contribution in [1.82, 2.24) is 0 Å². The van der Waals surface area contributed by atoms with Crippen molar-refractivity contribution in [2.24, 2.45) is 0 Å². The van der Waals surface area contributed by atoms with Crippen molar-refractivity contribution in [3.8, 4) is 0 Å². The molecule has 0 fully saturated rings. The lowest BCUT2D eigenvalue weighted by atomic mass is 9.94. The second kappa shape index (κ2) is 3.91. The van der Waals surface area contributed by atoms with E-state index in [-0.39, 0.29) is 0 Å². The summed E-state index contributed by atoms with van der Waals surface area (Å²) in [6.45, 7) is 0. The summed E-state index contributed by atoms with van der Waals surface area (Å²) >= 11 is 0. The van der Waals surface area contributed by atoms with E-state index in [1.54, 1.807) is 0 Å². The highest BCUT2D eigenvalue weighted by Crippen LogP contribution is 2.43. The van der Waals surface area contributed by atoms with Gasteiger partial charge in [0, 0.05) is 0 Å². The first-order valence-corrected chi connectivity index (χ1v) is 8.18. The van der Waals surface area contributed by atoms with Gasteiger partial charge in [0.2, 0.25) is 0 Å². The molecule has 1 aliphatic carbocycles. The van der Waals surface area contributed by atoms with Crippen LogP contribution >= 0.6 is 0 Å². The van der Waals surface area contributed by atoms with Crippen LogP contribution in [-0.2, 0) is 6.42 Å². The van der Waals surface area contributed by atoms with E-state index in [9.17, 15) is 0 Å². The van der Waals surface area contributed by atoms with Gasteiger partial charge in [-0.2, -0.15) is 0 Å². The van der Waals surface area contributed by atoms with Crippen LogP contribution in [0.25, 0.3) is 43.1 Å². The Bertz CT molecular complexity index is 1170. The third kappa shape index (κ3) is 1.37. The van der Waals surface area contributed by atoms with Crippen molar-refractivity contribution < 1.29 is 0 Å². The molecule has 0 heterocycles. The molecule has 5 aromatic rings. The first-order valence-electron chi connectivity index (χ1n) is 8.18. The van der Waals surface area contributed by atoms with Crippen molar-refractivity contribution in [2.75, 3.05) is 0 Å². The molecule has 0 N–H and O–H groups in total. The Hall–Kier alpha value is -2.86. The fraction of sp³-hybridized carbons (Fsp3) is 0.0435. The highest BCUT2D eigenvalue weighted by Gasteiger charge is 2.20. The van der Waals surface area contributed by atoms with Crippen LogP contribution < -0.4 is 0 Å². The van der Waals surface area contributed by atoms with Gasteiger partial charge in [0.15, 0.2) is 0 Å². The molecule has 0 radical (unpaired) electrons. The van der Waals surface area contributed by atoms with Gasteiger partial charge in [0.1, 0.15) is 0 Å². The average molecular weight is 290 g/mol. The molecule has 106 valence electrons. The number of benzene rings is 5. The number of hydrogen-bond acceptors (Lipinski definition) is 0. The Labute approximate surface area is 134 Å². The highest BCUT2D eigenvalue weighted by molar-refractivity contribution is 6.26. The maximum Gasteiger partial charge on any atom is -0.00126 e. The van der Waals surface area contributed by atoms with Crippen LogP contribution in [0.3, 0.4) is 0 Å². The Kier molecular flexibility index (Phi) is 1.98. The molecule has 0 saturated heterocycles. The summed E-state index contributed by atoms with van der Waals surface area (Å²) < 4.78 is 0. The van der Waals surface area contributed by atoms with Gasteiger partial charge in [0.05, 0.1) is 0 Å². The minimum Gasteiger partial charge on any atom is -0.0616 e. The Morgan fingerprint density at radius 1 is 0.478 bits per heavy atom. The summed E-state index contributed by atoms with van der Waals surface area (Å²) in [6.07, 6.45) is 1.06. The second-order valence-corrected chi connectivity index (χ2v) is 6.60. The van der Waals surface area contributed by atoms with E-state index >= 15 is 0 Å². The van der Waals surface area contributed by atoms with E-state index in [2.05, 4.69) is 72.8 Å². The Balaban J connectivity index is 1.95. The molecule has 1 aliphatic rings. The molecule has 0 unspecified atom stereocenters. The van der Waals surface area contributed by atoms with E-state index in [1.807, 2.05) is 0 Å². The lowest BCUT2D eigenvalue weighted by molar-refractivity contribution is 1.28. The number of fused-ring (bicyclic) bond motifs is 4. The van der Waals surface area contributed by atoms with Crippen molar-refractivity contribution in [3.63, 3.8) is 0 Å². The van der Waals surface area contributed by atoms with Crippen molar-refractivity contribution >= 4 is 43.1 Å². The molecule has 23 heavy (non-hydrogen) atoms. The van der Waals surface area contributed by atoms with E-state index in [0.717, 1.165) is 6.42 Å². The van der Waals surface area contributed by atoms with Crippen molar-refractivity contribution in [3.05, 3.63) is 83.9 Å². The minimum atomic E-state index is 1.06. The average Bonchev–Trinajstić information content (AvgIpc) is 2.96. The Morgan fingerprint density at radius 3 is 1.48 bits per heavy atom. The van der Waals surface area contributed by atoms with Crippen LogP contribution in [-0.4, -0.2) is 0 Å². The molecule has 0 atom stereocenters. The molecule has 0 aliphatic heterocycles. The maximum absolute atomic E-state index is 2.39. The third-order valence-corrected chi connectivity index (χ3v) is 5.39. The van der Waals surface area contributed by atoms with Gasteiger partial charge in [-0.05, 0) is 60.6 Å². The Morgan fingerprint density at radius 2 is 0.957 bits per heavy atom. The van der Waals surface area contributed by atoms with Gasteiger partial charge >= 0.3 is 0 Å². The molecular formula is C23H14. The van der Waals surface area contributed by atoms with Gasteiger partial charge in [-0.15, -0.1) is 0 Å². The van der Waals surface area contributed by atoms with Gasteiger partial charge in [-0.1, -0.05) is 72.8 Å². The second-order valence-electron chi connectivity index (χ2n) is 6.60. The number of rotatable bonds is 0. The van der Waals surface area contributed by atoms with Crippen molar-refractivity contribution in [1.29, 1.82) is 0 Å². The first kappa shape index (κ1) is 11.7. The predicted octanol–water partition coefficient (Wildman–Crippen LogP) is 6.20. The SMILES string of the molecule is c1ccc2c(c1)cc1c3c2ccc2c4ccccc4cc(c23)C1. The molecule has 0 aromatic heterocycles. The highest BCUT2D eigenvalue weighted by atomic mass is 14.2. The fourth-order valence-electron chi connectivity index (χ4n) is 4.46. The summed E-state index contributed by atoms with van der Waals surface area (Å²) in [5.74, 6) is 0. The van der Waals surface area contributed by atoms with E-state index in [4.69, 9.17) is 0 Å². The first-order chi connectivity index (χ1) is 11.4. The predicted molar refractivity (Wildman–Crippen MR) is 99.3 cm³/mol. The summed E-state index contributed by atoms with van der Waals surface area (Å²) in [5, 5.41) is 11.2. The van der Waals surface area contributed by atoms with Crippen LogP contribution in [0.1, 0.15) is 11.1 Å². The molecule has 0 bridgehead atoms. The normalized spacial score (nSPS) is 13.0. The molecular weight excluding hydrogens is 276 g/mol. The zero-order chi connectivity index (χ0) is 15.0. The minimum absolute atomic E-state index is 1.06. The van der Waals surface area contributed by atoms with Gasteiger partial charge in [-0.25, -0.2) is 0 Å². The van der Waals surface area contributed by atoms with Crippen LogP contribution in [0.15, 0.2) is 72.8 Å². The van der Waals surface area contributed by atoms with Crippen LogP contribution in [0.4, 0.5) is 0 Å². The van der Waals surface area contributed by atoms with Gasteiger partial charge in [-0.3, -0.25) is 0 Å². The van der Waals surface area contributed by atoms with E-state index in [0.29, 0.717) is 0 Å². The zero-order valence-corrected chi connectivity index (χ0v) is 12.6. The maximum atomic E-state index is 2.39. The lowest BCUT2D eigenvalue weighted by Crippen LogP contribution is -1.82. The summed E-state index contributed by atoms with van der Waals surface area (Å²) in [7, 11) is 0. The van der Waals surface area contributed by atoms with Gasteiger partial charge < -0.3 is 0 Å². The monoisotopic (exact) mass is 290 g/mol. The summed E-state index contributed by atoms with van der Waals surface area (Å²) in [6, 6.07) is 26.9. The van der Waals surface area contributed by atoms with Crippen molar-refractivity contribution in [2.45, 2.75) is 6.42 Å². The van der Waals surface area contributed by atoms with Gasteiger partial charge in [0.25, 0.3) is 0 Å². The van der Waals surface area contributed by atoms with Crippen LogP contribution in [0.2, 0.25) is 0 Å². The summed E-state index contributed by atoms with van der Waals surface area (Å²) in [4.78, 5) is 0. The summed E-state index contributed by atoms with van der Waals surface area (Å²) in [5.41, 5.74) is 2.96. The molecule has 6 rings (SSSR count). The largest absolute Gasteiger partial charge is 0.0616 e.